The molecule has 1 aliphatic rings. The van der Waals surface area contributed by atoms with Crippen LogP contribution < -0.4 is 0 Å². The highest BCUT2D eigenvalue weighted by atomic mass is 31.2. The summed E-state index contributed by atoms with van der Waals surface area (Å²) in [7, 11) is 1.38. The Morgan fingerprint density at radius 2 is 2.17 bits per heavy atom. The van der Waals surface area contributed by atoms with Crippen molar-refractivity contribution >= 4 is 15.4 Å². The summed E-state index contributed by atoms with van der Waals surface area (Å²) in [6, 6.07) is -0.803. The van der Waals surface area contributed by atoms with Crippen molar-refractivity contribution in [2.75, 3.05) is 6.61 Å². The first-order valence-corrected chi connectivity index (χ1v) is 7.48. The first-order valence-electron chi connectivity index (χ1n) is 5.80. The number of ether oxygens (including phenoxy) is 2. The molecule has 1 heterocycles. The van der Waals surface area contributed by atoms with Crippen LogP contribution in [0.2, 0.25) is 0 Å². The lowest BCUT2D eigenvalue weighted by Gasteiger charge is -2.18. The molecule has 4 atom stereocenters. The molecule has 1 rings (SSSR count). The maximum atomic E-state index is 10.7. The van der Waals surface area contributed by atoms with E-state index in [1.54, 1.807) is 0 Å². The summed E-state index contributed by atoms with van der Waals surface area (Å²) in [6.45, 7) is 2.47. The van der Waals surface area contributed by atoms with E-state index in [4.69, 9.17) is 27.1 Å². The van der Waals surface area contributed by atoms with E-state index in [9.17, 15) is 9.67 Å². The monoisotopic (exact) mass is 276 g/mol. The van der Waals surface area contributed by atoms with Gasteiger partial charge >= 0.3 is 7.60 Å². The van der Waals surface area contributed by atoms with Gasteiger partial charge in [-0.05, 0) is 12.5 Å². The predicted octanol–water partition coefficient (Wildman–Crippen LogP) is 0.117. The van der Waals surface area contributed by atoms with Crippen LogP contribution in [-0.2, 0) is 14.0 Å². The quantitative estimate of drug-likeness (QED) is 0.362. The van der Waals surface area contributed by atoms with Crippen LogP contribution in [0.1, 0.15) is 19.8 Å². The van der Waals surface area contributed by atoms with E-state index in [1.807, 2.05) is 6.92 Å². The van der Waals surface area contributed by atoms with Gasteiger partial charge in [0.05, 0.1) is 0 Å². The third-order valence-corrected chi connectivity index (χ3v) is 3.15. The SMILES string of the molecule is [B][C@@H]1O[C@H](/C=C/P(=O)(O)O)[C@H](O)C1OCCCC. The molecule has 0 aromatic heterocycles. The highest BCUT2D eigenvalue weighted by molar-refractivity contribution is 7.55. The first kappa shape index (κ1) is 15.9. The minimum Gasteiger partial charge on any atom is -0.387 e. The molecule has 0 aromatic carbocycles. The third kappa shape index (κ3) is 4.84. The van der Waals surface area contributed by atoms with Crippen LogP contribution in [0, 0.1) is 0 Å². The molecule has 0 aliphatic carbocycles. The molecule has 1 aliphatic heterocycles. The lowest BCUT2D eigenvalue weighted by Crippen LogP contribution is -2.35. The highest BCUT2D eigenvalue weighted by Crippen LogP contribution is 2.37. The average Bonchev–Trinajstić information content (AvgIpc) is 2.53. The molecule has 3 N–H and O–H groups in total. The molecule has 0 amide bonds. The number of hydrogen-bond acceptors (Lipinski definition) is 4. The van der Waals surface area contributed by atoms with Gasteiger partial charge in [-0.3, -0.25) is 4.57 Å². The molecule has 8 heteroatoms. The van der Waals surface area contributed by atoms with Crippen molar-refractivity contribution < 1.29 is 28.9 Å². The van der Waals surface area contributed by atoms with Crippen LogP contribution in [0.15, 0.2) is 11.9 Å². The number of unbranched alkanes of at least 4 members (excludes halogenated alkanes) is 1. The van der Waals surface area contributed by atoms with Crippen molar-refractivity contribution in [2.24, 2.45) is 0 Å². The smallest absolute Gasteiger partial charge is 0.348 e. The molecule has 0 saturated carbocycles. The fourth-order valence-electron chi connectivity index (χ4n) is 1.63. The molecule has 0 bridgehead atoms. The lowest BCUT2D eigenvalue weighted by molar-refractivity contribution is -0.0203. The third-order valence-electron chi connectivity index (χ3n) is 2.59. The molecule has 0 aromatic rings. The molecular weight excluding hydrogens is 258 g/mol. The normalized spacial score (nSPS) is 33.3. The Morgan fingerprint density at radius 3 is 2.72 bits per heavy atom. The number of rotatable bonds is 6. The first-order chi connectivity index (χ1) is 8.35. The summed E-state index contributed by atoms with van der Waals surface area (Å²) in [4.78, 5) is 17.4. The second-order valence-corrected chi connectivity index (χ2v) is 5.65. The van der Waals surface area contributed by atoms with Gasteiger partial charge in [0.2, 0.25) is 0 Å². The van der Waals surface area contributed by atoms with Gasteiger partial charge in [-0.15, -0.1) is 0 Å². The summed E-state index contributed by atoms with van der Waals surface area (Å²) >= 11 is 0. The molecule has 18 heavy (non-hydrogen) atoms. The van der Waals surface area contributed by atoms with E-state index in [0.717, 1.165) is 18.9 Å². The van der Waals surface area contributed by atoms with Crippen molar-refractivity contribution in [3.63, 3.8) is 0 Å². The van der Waals surface area contributed by atoms with E-state index >= 15 is 0 Å². The summed E-state index contributed by atoms with van der Waals surface area (Å²) in [5, 5.41) is 9.88. The molecule has 2 radical (unpaired) electrons. The largest absolute Gasteiger partial charge is 0.387 e. The van der Waals surface area contributed by atoms with Gasteiger partial charge in [0.1, 0.15) is 26.2 Å². The number of aliphatic hydroxyl groups is 1. The maximum Gasteiger partial charge on any atom is 0.348 e. The maximum absolute atomic E-state index is 10.7. The Hall–Kier alpha value is -0.165. The molecule has 6 nitrogen and oxygen atoms in total. The zero-order valence-corrected chi connectivity index (χ0v) is 11.1. The highest BCUT2D eigenvalue weighted by Gasteiger charge is 2.40. The molecule has 1 saturated heterocycles. The van der Waals surface area contributed by atoms with Crippen molar-refractivity contribution in [3.8, 4) is 0 Å². The van der Waals surface area contributed by atoms with Crippen LogP contribution >= 0.6 is 7.60 Å². The van der Waals surface area contributed by atoms with Crippen LogP contribution in [-0.4, -0.2) is 53.7 Å². The van der Waals surface area contributed by atoms with E-state index in [0.29, 0.717) is 12.4 Å². The zero-order chi connectivity index (χ0) is 13.8. The van der Waals surface area contributed by atoms with Crippen LogP contribution in [0.5, 0.6) is 0 Å². The van der Waals surface area contributed by atoms with E-state index < -0.39 is 31.9 Å². The van der Waals surface area contributed by atoms with Gasteiger partial charge in [-0.25, -0.2) is 0 Å². The summed E-state index contributed by atoms with van der Waals surface area (Å²) < 4.78 is 21.3. The molecule has 1 fully saturated rings. The standard InChI is InChI=1S/C10H18BO6P/c1-2-3-5-16-9-8(12)7(17-10(9)11)4-6-18(13,14)15/h4,6-10,12H,2-3,5H2,1H3,(H2,13,14,15)/b6-4+/t7-,8+,9?,10-/m1/s1. The summed E-state index contributed by atoms with van der Waals surface area (Å²) in [5.41, 5.74) is 0. The van der Waals surface area contributed by atoms with Gasteiger partial charge in [0, 0.05) is 18.4 Å². The van der Waals surface area contributed by atoms with Crippen molar-refractivity contribution in [2.45, 2.75) is 44.1 Å². The average molecular weight is 276 g/mol. The van der Waals surface area contributed by atoms with Crippen LogP contribution in [0.4, 0.5) is 0 Å². The Bertz CT molecular complexity index is 330. The predicted molar refractivity (Wildman–Crippen MR) is 66.3 cm³/mol. The van der Waals surface area contributed by atoms with E-state index in [2.05, 4.69) is 0 Å². The fraction of sp³-hybridized carbons (Fsp3) is 0.800. The Morgan fingerprint density at radius 1 is 1.50 bits per heavy atom. The van der Waals surface area contributed by atoms with Crippen molar-refractivity contribution in [3.05, 3.63) is 11.9 Å². The Labute approximate surface area is 108 Å². The van der Waals surface area contributed by atoms with Gasteiger partial charge in [0.25, 0.3) is 0 Å². The summed E-state index contributed by atoms with van der Waals surface area (Å²) in [6.07, 6.45) is 0.357. The second kappa shape index (κ2) is 6.84. The van der Waals surface area contributed by atoms with Gasteiger partial charge in [-0.2, -0.15) is 0 Å². The Kier molecular flexibility index (Phi) is 6.04. The van der Waals surface area contributed by atoms with Gasteiger partial charge < -0.3 is 24.4 Å². The van der Waals surface area contributed by atoms with Gasteiger partial charge in [0.15, 0.2) is 0 Å². The molecular formula is C10H18BO6P. The Balaban J connectivity index is 2.55. The zero-order valence-electron chi connectivity index (χ0n) is 10.2. The second-order valence-electron chi connectivity index (χ2n) is 4.18. The van der Waals surface area contributed by atoms with E-state index in [-0.39, 0.29) is 0 Å². The fourth-order valence-corrected chi connectivity index (χ4v) is 2.03. The minimum atomic E-state index is -4.26. The van der Waals surface area contributed by atoms with Crippen molar-refractivity contribution in [1.82, 2.24) is 0 Å². The van der Waals surface area contributed by atoms with E-state index in [1.165, 1.54) is 0 Å². The van der Waals surface area contributed by atoms with Crippen molar-refractivity contribution in [1.29, 1.82) is 0 Å². The molecule has 102 valence electrons. The lowest BCUT2D eigenvalue weighted by atomic mass is 9.93. The van der Waals surface area contributed by atoms with Crippen LogP contribution in [0.3, 0.4) is 0 Å². The number of hydrogen-bond donors (Lipinski definition) is 3. The van der Waals surface area contributed by atoms with Gasteiger partial charge in [-0.1, -0.05) is 13.3 Å². The molecule has 0 spiro atoms. The summed E-state index contributed by atoms with van der Waals surface area (Å²) in [5.74, 6) is 0.696. The minimum absolute atomic E-state index is 0.463. The topological polar surface area (TPSA) is 96.2 Å². The molecule has 1 unspecified atom stereocenters. The van der Waals surface area contributed by atoms with Crippen LogP contribution in [0.25, 0.3) is 0 Å². The number of aliphatic hydroxyl groups excluding tert-OH is 1.